The van der Waals surface area contributed by atoms with Gasteiger partial charge in [-0.15, -0.1) is 0 Å². The molecule has 0 saturated carbocycles. The molecule has 2 heteroatoms. The highest BCUT2D eigenvalue weighted by molar-refractivity contribution is 14.1. The third kappa shape index (κ3) is 2.52. The Morgan fingerprint density at radius 3 is 1.88 bits per heavy atom. The van der Waals surface area contributed by atoms with Gasteiger partial charge in [-0.05, 0) is 16.4 Å². The molecule has 0 N–H and O–H groups in total. The second-order valence-electron chi connectivity index (χ2n) is 5.54. The highest BCUT2D eigenvalue weighted by Crippen LogP contribution is 2.50. The Bertz CT molecular complexity index is 250. The van der Waals surface area contributed by atoms with E-state index in [1.54, 1.807) is 3.58 Å². The van der Waals surface area contributed by atoms with Crippen LogP contribution in [-0.4, -0.2) is 6.71 Å². The van der Waals surface area contributed by atoms with E-state index in [2.05, 4.69) is 36.4 Å². The number of halogens is 1. The van der Waals surface area contributed by atoms with Crippen molar-refractivity contribution in [1.29, 1.82) is 0 Å². The molecule has 90 valence electrons. The predicted octanol–water partition coefficient (Wildman–Crippen LogP) is 5.64. The minimum absolute atomic E-state index is 0.972. The maximum absolute atomic E-state index is 2.61. The number of rotatable bonds is 3. The van der Waals surface area contributed by atoms with E-state index in [1.165, 1.54) is 51.4 Å². The van der Waals surface area contributed by atoms with Crippen LogP contribution in [0.2, 0.25) is 11.6 Å². The lowest BCUT2D eigenvalue weighted by molar-refractivity contribution is 0.445. The van der Waals surface area contributed by atoms with E-state index in [1.807, 2.05) is 5.47 Å². The predicted molar refractivity (Wildman–Crippen MR) is 82.6 cm³/mol. The standard InChI is InChI=1S/C14H24BI/c1-3-13(14(16)4-2)15-11-7-5-8-12(15)10-6-9-11/h11-12H,3-10H2,1-2H3/b14-13-. The second-order valence-corrected chi connectivity index (χ2v) is 6.85. The smallest absolute Gasteiger partial charge is 0.0917 e. The molecule has 2 fully saturated rings. The summed E-state index contributed by atoms with van der Waals surface area (Å²) in [6.07, 6.45) is 11.6. The molecule has 0 amide bonds. The first-order valence-corrected chi connectivity index (χ1v) is 8.23. The Kier molecular flexibility index (Phi) is 4.81. The summed E-state index contributed by atoms with van der Waals surface area (Å²) in [5.41, 5.74) is 1.83. The Morgan fingerprint density at radius 2 is 1.50 bits per heavy atom. The van der Waals surface area contributed by atoms with Crippen LogP contribution in [-0.2, 0) is 0 Å². The van der Waals surface area contributed by atoms with E-state index in [4.69, 9.17) is 0 Å². The first-order chi connectivity index (χ1) is 7.77. The molecular formula is C14H24BI. The van der Waals surface area contributed by atoms with Crippen molar-refractivity contribution in [2.45, 2.75) is 76.8 Å². The van der Waals surface area contributed by atoms with Gasteiger partial charge < -0.3 is 0 Å². The van der Waals surface area contributed by atoms with Gasteiger partial charge in [-0.25, -0.2) is 0 Å². The van der Waals surface area contributed by atoms with Crippen LogP contribution >= 0.6 is 22.6 Å². The van der Waals surface area contributed by atoms with Crippen molar-refractivity contribution in [3.05, 3.63) is 9.05 Å². The SMILES string of the molecule is CC/C(I)=C(\CC)B1C2CCCC1CCC2. The Labute approximate surface area is 115 Å². The van der Waals surface area contributed by atoms with Crippen molar-refractivity contribution in [3.8, 4) is 0 Å². The van der Waals surface area contributed by atoms with Crippen LogP contribution in [0.4, 0.5) is 0 Å². The fourth-order valence-electron chi connectivity index (χ4n) is 4.08. The van der Waals surface area contributed by atoms with Gasteiger partial charge in [0.1, 0.15) is 0 Å². The van der Waals surface area contributed by atoms with Crippen LogP contribution < -0.4 is 0 Å². The molecule has 0 aromatic heterocycles. The van der Waals surface area contributed by atoms with Gasteiger partial charge in [0.25, 0.3) is 0 Å². The number of hydrogen-bond donors (Lipinski definition) is 0. The normalized spacial score (nSPS) is 31.3. The maximum atomic E-state index is 2.61. The van der Waals surface area contributed by atoms with Gasteiger partial charge in [-0.1, -0.05) is 92.1 Å². The summed E-state index contributed by atoms with van der Waals surface area (Å²) in [4.78, 5) is 0. The van der Waals surface area contributed by atoms with Gasteiger partial charge in [0.15, 0.2) is 6.71 Å². The van der Waals surface area contributed by atoms with E-state index in [0.29, 0.717) is 0 Å². The molecule has 2 saturated heterocycles. The van der Waals surface area contributed by atoms with Gasteiger partial charge in [-0.2, -0.15) is 0 Å². The lowest BCUT2D eigenvalue weighted by Gasteiger charge is -2.42. The lowest BCUT2D eigenvalue weighted by Crippen LogP contribution is -2.36. The van der Waals surface area contributed by atoms with Gasteiger partial charge in [-0.3, -0.25) is 0 Å². The molecule has 16 heavy (non-hydrogen) atoms. The molecule has 0 unspecified atom stereocenters. The minimum Gasteiger partial charge on any atom is -0.0917 e. The molecule has 0 aliphatic carbocycles. The van der Waals surface area contributed by atoms with Crippen LogP contribution in [0.15, 0.2) is 9.05 Å². The van der Waals surface area contributed by atoms with Crippen molar-refractivity contribution < 1.29 is 0 Å². The first kappa shape index (κ1) is 13.0. The highest BCUT2D eigenvalue weighted by atomic mass is 127. The fraction of sp³-hybridized carbons (Fsp3) is 0.857. The Balaban J connectivity index is 2.23. The van der Waals surface area contributed by atoms with Gasteiger partial charge >= 0.3 is 0 Å². The number of allylic oxidation sites excluding steroid dienone is 2. The molecule has 0 aromatic rings. The summed E-state index contributed by atoms with van der Waals surface area (Å²) >= 11 is 2.61. The van der Waals surface area contributed by atoms with Gasteiger partial charge in [0.05, 0.1) is 0 Å². The maximum Gasteiger partial charge on any atom is 0.177 e. The van der Waals surface area contributed by atoms with E-state index >= 15 is 0 Å². The summed E-state index contributed by atoms with van der Waals surface area (Å²) in [5.74, 6) is 2.08. The molecule has 0 aromatic carbocycles. The monoisotopic (exact) mass is 330 g/mol. The molecular weight excluding hydrogens is 306 g/mol. The molecule has 0 radical (unpaired) electrons. The van der Waals surface area contributed by atoms with Gasteiger partial charge in [0, 0.05) is 0 Å². The van der Waals surface area contributed by atoms with E-state index < -0.39 is 0 Å². The van der Waals surface area contributed by atoms with E-state index in [-0.39, 0.29) is 0 Å². The molecule has 2 aliphatic rings. The van der Waals surface area contributed by atoms with Crippen LogP contribution in [0.3, 0.4) is 0 Å². The number of hydrogen-bond acceptors (Lipinski definition) is 0. The van der Waals surface area contributed by atoms with Crippen molar-refractivity contribution in [2.24, 2.45) is 0 Å². The summed E-state index contributed by atoms with van der Waals surface area (Å²) in [5, 5.41) is 0. The zero-order chi connectivity index (χ0) is 11.5. The molecule has 2 aliphatic heterocycles. The van der Waals surface area contributed by atoms with Crippen molar-refractivity contribution in [3.63, 3.8) is 0 Å². The van der Waals surface area contributed by atoms with Gasteiger partial charge in [0.2, 0.25) is 0 Å². The fourth-order valence-corrected chi connectivity index (χ4v) is 4.82. The number of fused-ring (bicyclic) bond motifs is 2. The zero-order valence-corrected chi connectivity index (χ0v) is 12.9. The quantitative estimate of drug-likeness (QED) is 0.464. The van der Waals surface area contributed by atoms with Crippen molar-refractivity contribution in [1.82, 2.24) is 0 Å². The third-order valence-electron chi connectivity index (χ3n) is 4.76. The minimum atomic E-state index is 0.972. The summed E-state index contributed by atoms with van der Waals surface area (Å²) in [6.45, 7) is 5.66. The van der Waals surface area contributed by atoms with Crippen molar-refractivity contribution in [2.75, 3.05) is 0 Å². The van der Waals surface area contributed by atoms with Crippen LogP contribution in [0.25, 0.3) is 0 Å². The summed E-state index contributed by atoms with van der Waals surface area (Å²) in [7, 11) is 0. The summed E-state index contributed by atoms with van der Waals surface area (Å²) in [6, 6.07) is 0. The first-order valence-electron chi connectivity index (χ1n) is 7.15. The Hall–Kier alpha value is 0.535. The van der Waals surface area contributed by atoms with Crippen molar-refractivity contribution >= 4 is 29.3 Å². The third-order valence-corrected chi connectivity index (χ3v) is 6.21. The largest absolute Gasteiger partial charge is 0.177 e. The van der Waals surface area contributed by atoms with Crippen LogP contribution in [0, 0.1) is 0 Å². The van der Waals surface area contributed by atoms with E-state index in [0.717, 1.165) is 18.3 Å². The molecule has 2 rings (SSSR count). The lowest BCUT2D eigenvalue weighted by atomic mass is 9.24. The van der Waals surface area contributed by atoms with Crippen LogP contribution in [0.5, 0.6) is 0 Å². The molecule has 2 bridgehead atoms. The second kappa shape index (κ2) is 5.93. The average molecular weight is 330 g/mol. The molecule has 0 nitrogen and oxygen atoms in total. The van der Waals surface area contributed by atoms with E-state index in [9.17, 15) is 0 Å². The van der Waals surface area contributed by atoms with Crippen LogP contribution in [0.1, 0.15) is 65.2 Å². The Morgan fingerprint density at radius 1 is 1.00 bits per heavy atom. The average Bonchev–Trinajstić information content (AvgIpc) is 2.29. The molecule has 0 spiro atoms. The topological polar surface area (TPSA) is 0 Å². The molecule has 0 atom stereocenters. The zero-order valence-electron chi connectivity index (χ0n) is 10.8. The highest BCUT2D eigenvalue weighted by Gasteiger charge is 2.41. The molecule has 2 heterocycles. The summed E-state index contributed by atoms with van der Waals surface area (Å²) < 4.78 is 1.67.